The molecule has 12 nitrogen and oxygen atoms in total. The Labute approximate surface area is 283 Å². The minimum atomic E-state index is -1.63. The maximum atomic E-state index is 14.9. The van der Waals surface area contributed by atoms with Gasteiger partial charge in [0.05, 0.1) is 43.2 Å². The second kappa shape index (κ2) is 11.7. The molecule has 274 valence electrons. The number of aliphatic hydroxyl groups excluding tert-OH is 7. The van der Waals surface area contributed by atoms with Gasteiger partial charge in [-0.05, 0) is 68.6 Å². The van der Waals surface area contributed by atoms with Crippen LogP contribution in [0.5, 0.6) is 0 Å². The van der Waals surface area contributed by atoms with Gasteiger partial charge in [-0.15, -0.1) is 0 Å². The van der Waals surface area contributed by atoms with Crippen molar-refractivity contribution >= 4 is 5.78 Å². The highest BCUT2D eigenvalue weighted by atomic mass is 16.7. The Balaban J connectivity index is 1.33. The second-order valence-corrected chi connectivity index (χ2v) is 17.7. The number of carbonyl (C=O) groups is 1. The molecule has 0 aromatic rings. The van der Waals surface area contributed by atoms with Gasteiger partial charge < -0.3 is 55.1 Å². The summed E-state index contributed by atoms with van der Waals surface area (Å²) in [6.07, 6.45) is -5.93. The number of carbonyl (C=O) groups excluding carboxylic acids is 1. The summed E-state index contributed by atoms with van der Waals surface area (Å²) in [6, 6.07) is 0. The lowest BCUT2D eigenvalue weighted by molar-refractivity contribution is -0.323. The molecule has 0 aromatic heterocycles. The van der Waals surface area contributed by atoms with E-state index in [0.29, 0.717) is 25.7 Å². The van der Waals surface area contributed by atoms with Crippen LogP contribution in [0.4, 0.5) is 0 Å². The van der Waals surface area contributed by atoms with E-state index in [-0.39, 0.29) is 36.4 Å². The van der Waals surface area contributed by atoms with Gasteiger partial charge in [0.1, 0.15) is 35.8 Å². The van der Waals surface area contributed by atoms with Crippen molar-refractivity contribution in [3.63, 3.8) is 0 Å². The minimum absolute atomic E-state index is 0.0708. The van der Waals surface area contributed by atoms with Crippen molar-refractivity contribution in [2.24, 2.45) is 39.4 Å². The van der Waals surface area contributed by atoms with Crippen molar-refractivity contribution < 1.29 is 59.9 Å². The third kappa shape index (κ3) is 4.92. The average Bonchev–Trinajstić information content (AvgIpc) is 3.51. The standard InChI is InChI=1S/C36H58O12/c1-31(2)17-8-9-22-32(3)13-19(39)28(35(6)11-10-24(48-35)34(5,45)16-38)33(32,4)14-23(40)36(22,7)18(17)12-20(29(31)44)46-30-27(43)26(42)25(41)21(15-37)47-30/h8,18-22,24-30,37-39,41-45H,9-16H2,1-7H3/t18-,19+,20-,21-,22+,24?,25-,26+,27-,28+,29+,30-,32+,33-,34?,35+,36+/m1/s1. The van der Waals surface area contributed by atoms with Gasteiger partial charge in [-0.25, -0.2) is 0 Å². The van der Waals surface area contributed by atoms with Gasteiger partial charge in [-0.1, -0.05) is 46.3 Å². The van der Waals surface area contributed by atoms with Crippen LogP contribution >= 0.6 is 0 Å². The molecule has 0 aromatic carbocycles. The van der Waals surface area contributed by atoms with Gasteiger partial charge >= 0.3 is 0 Å². The summed E-state index contributed by atoms with van der Waals surface area (Å²) < 4.78 is 18.4. The summed E-state index contributed by atoms with van der Waals surface area (Å²) in [5.41, 5.74) is -4.09. The molecule has 2 unspecified atom stereocenters. The zero-order valence-electron chi connectivity index (χ0n) is 29.4. The summed E-state index contributed by atoms with van der Waals surface area (Å²) in [7, 11) is 0. The van der Waals surface area contributed by atoms with Gasteiger partial charge in [0.2, 0.25) is 0 Å². The van der Waals surface area contributed by atoms with Crippen LogP contribution in [0.1, 0.15) is 87.0 Å². The number of allylic oxidation sites excluding steroid dienone is 1. The SMILES string of the molecule is CC(O)(CO)C1CC[C@@](C)([C@H]2[C@@H](O)C[C@@]3(C)[C@@H]4CC=C5[C@@H](C[C@@H](O[C@@H]6O[C@H](CO)[C@@H](O)[C@H](O)[C@H]6O)[C@H](O)C5(C)C)[C@]4(C)C(=O)C[C@]23C)O1. The Morgan fingerprint density at radius 1 is 0.979 bits per heavy atom. The van der Waals surface area contributed by atoms with Crippen molar-refractivity contribution in [2.75, 3.05) is 13.2 Å². The number of fused-ring (bicyclic) bond motifs is 5. The van der Waals surface area contributed by atoms with Crippen LogP contribution in [0.3, 0.4) is 0 Å². The smallest absolute Gasteiger partial charge is 0.187 e. The molecule has 2 heterocycles. The highest BCUT2D eigenvalue weighted by Gasteiger charge is 2.75. The molecule has 6 aliphatic rings. The third-order valence-corrected chi connectivity index (χ3v) is 14.8. The molecule has 0 radical (unpaired) electrons. The van der Waals surface area contributed by atoms with E-state index < -0.39 is 101 Å². The number of ketones is 1. The first-order chi connectivity index (χ1) is 22.1. The van der Waals surface area contributed by atoms with E-state index in [1.807, 2.05) is 27.7 Å². The van der Waals surface area contributed by atoms with Crippen LogP contribution in [0.2, 0.25) is 0 Å². The fraction of sp³-hybridized carbons (Fsp3) is 0.917. The topological polar surface area (TPSA) is 207 Å². The lowest BCUT2D eigenvalue weighted by Crippen LogP contribution is -2.66. The Morgan fingerprint density at radius 3 is 2.27 bits per heavy atom. The number of hydrogen-bond donors (Lipinski definition) is 8. The molecule has 4 aliphatic carbocycles. The van der Waals surface area contributed by atoms with Crippen LogP contribution in [-0.4, -0.2) is 126 Å². The summed E-state index contributed by atoms with van der Waals surface area (Å²) in [5, 5.41) is 85.3. The molecule has 17 atom stereocenters. The van der Waals surface area contributed by atoms with Crippen LogP contribution in [0.15, 0.2) is 11.6 Å². The summed E-state index contributed by atoms with van der Waals surface area (Å²) >= 11 is 0. The first kappa shape index (κ1) is 36.8. The van der Waals surface area contributed by atoms with E-state index in [9.17, 15) is 45.6 Å². The Hall–Kier alpha value is -1.03. The molecule has 2 aliphatic heterocycles. The summed E-state index contributed by atoms with van der Waals surface area (Å²) in [5.74, 6) is -0.816. The normalized spacial score (nSPS) is 54.6. The number of rotatable bonds is 6. The largest absolute Gasteiger partial charge is 0.394 e. The quantitative estimate of drug-likeness (QED) is 0.181. The molecule has 8 N–H and O–H groups in total. The first-order valence-electron chi connectivity index (χ1n) is 17.7. The van der Waals surface area contributed by atoms with Gasteiger partial charge in [-0.3, -0.25) is 4.79 Å². The molecular weight excluding hydrogens is 624 g/mol. The van der Waals surface area contributed by atoms with Crippen molar-refractivity contribution in [1.82, 2.24) is 0 Å². The third-order valence-electron chi connectivity index (χ3n) is 14.8. The van der Waals surface area contributed by atoms with E-state index in [0.717, 1.165) is 5.57 Å². The number of ether oxygens (including phenoxy) is 3. The predicted octanol–water partition coefficient (Wildman–Crippen LogP) is 0.578. The van der Waals surface area contributed by atoms with Crippen molar-refractivity contribution in [3.05, 3.63) is 11.6 Å². The molecular formula is C36H58O12. The van der Waals surface area contributed by atoms with Crippen molar-refractivity contribution in [2.45, 2.75) is 153 Å². The highest BCUT2D eigenvalue weighted by Crippen LogP contribution is 2.75. The molecule has 0 bridgehead atoms. The first-order valence-corrected chi connectivity index (χ1v) is 17.7. The molecule has 6 rings (SSSR count). The highest BCUT2D eigenvalue weighted by molar-refractivity contribution is 5.88. The predicted molar refractivity (Wildman–Crippen MR) is 171 cm³/mol. The van der Waals surface area contributed by atoms with E-state index in [4.69, 9.17) is 14.2 Å². The minimum Gasteiger partial charge on any atom is -0.394 e. The molecule has 5 fully saturated rings. The zero-order chi connectivity index (χ0) is 35.6. The fourth-order valence-electron chi connectivity index (χ4n) is 11.7. The maximum Gasteiger partial charge on any atom is 0.187 e. The summed E-state index contributed by atoms with van der Waals surface area (Å²) in [6.45, 7) is 12.6. The Kier molecular flexibility index (Phi) is 8.99. The molecule has 2 saturated heterocycles. The lowest BCUT2D eigenvalue weighted by Gasteiger charge is -2.65. The number of aliphatic hydroxyl groups is 8. The molecule has 0 spiro atoms. The van der Waals surface area contributed by atoms with Crippen molar-refractivity contribution in [3.8, 4) is 0 Å². The van der Waals surface area contributed by atoms with E-state index in [1.54, 1.807) is 6.92 Å². The van der Waals surface area contributed by atoms with E-state index in [2.05, 4.69) is 19.9 Å². The molecule has 48 heavy (non-hydrogen) atoms. The maximum absolute atomic E-state index is 14.9. The van der Waals surface area contributed by atoms with Crippen molar-refractivity contribution in [1.29, 1.82) is 0 Å². The van der Waals surface area contributed by atoms with Gasteiger partial charge in [-0.2, -0.15) is 0 Å². The zero-order valence-corrected chi connectivity index (χ0v) is 29.4. The monoisotopic (exact) mass is 682 g/mol. The van der Waals surface area contributed by atoms with Crippen LogP contribution in [0.25, 0.3) is 0 Å². The number of hydrogen-bond acceptors (Lipinski definition) is 12. The Morgan fingerprint density at radius 2 is 1.65 bits per heavy atom. The van der Waals surface area contributed by atoms with E-state index in [1.165, 1.54) is 0 Å². The average molecular weight is 683 g/mol. The molecule has 0 amide bonds. The number of Topliss-reactive ketones (excluding diaryl/α,β-unsaturated/α-hetero) is 1. The van der Waals surface area contributed by atoms with Gasteiger partial charge in [0, 0.05) is 23.2 Å². The van der Waals surface area contributed by atoms with Gasteiger partial charge in [0.15, 0.2) is 6.29 Å². The Bertz CT molecular complexity index is 1300. The lowest BCUT2D eigenvalue weighted by atomic mass is 9.38. The van der Waals surface area contributed by atoms with Gasteiger partial charge in [0.25, 0.3) is 0 Å². The fourth-order valence-corrected chi connectivity index (χ4v) is 11.7. The molecule has 12 heteroatoms. The summed E-state index contributed by atoms with van der Waals surface area (Å²) in [4.78, 5) is 14.9. The second-order valence-electron chi connectivity index (χ2n) is 17.7. The van der Waals surface area contributed by atoms with Crippen LogP contribution in [0, 0.1) is 39.4 Å². The van der Waals surface area contributed by atoms with Crippen LogP contribution < -0.4 is 0 Å². The molecule has 3 saturated carbocycles. The van der Waals surface area contributed by atoms with E-state index >= 15 is 0 Å². The van der Waals surface area contributed by atoms with Crippen LogP contribution in [-0.2, 0) is 19.0 Å².